The van der Waals surface area contributed by atoms with Crippen molar-refractivity contribution in [2.75, 3.05) is 0 Å². The summed E-state index contributed by atoms with van der Waals surface area (Å²) in [5.41, 5.74) is -3.60. The van der Waals surface area contributed by atoms with E-state index in [4.69, 9.17) is 10.2 Å². The minimum absolute atomic E-state index is 0.0405. The zero-order valence-electron chi connectivity index (χ0n) is 7.76. The van der Waals surface area contributed by atoms with Crippen LogP contribution in [0.25, 0.3) is 0 Å². The molecule has 0 spiro atoms. The number of alkyl halides is 3. The topological polar surface area (TPSA) is 57.5 Å². The molecule has 0 aromatic rings. The van der Waals surface area contributed by atoms with E-state index in [0.717, 1.165) is 0 Å². The number of carboxylic acids is 1. The molecule has 0 unspecified atom stereocenters. The number of unbranched alkanes of at least 4 members (excludes halogenated alkanes) is 2. The number of halogens is 3. The number of carbonyl (C=O) groups is 1. The first-order valence-electron chi connectivity index (χ1n) is 4.28. The highest BCUT2D eigenvalue weighted by molar-refractivity contribution is 5.78. The standard InChI is InChI=1S/C8H13F3O3/c1-2-3-4-5-7(14,6(12)13)8(9,10)11/h14H,2-5H2,1H3,(H,12,13)/t7-/m1/s1. The van der Waals surface area contributed by atoms with E-state index in [0.29, 0.717) is 12.8 Å². The maximum atomic E-state index is 12.2. The Bertz CT molecular complexity index is 202. The molecule has 84 valence electrons. The first kappa shape index (κ1) is 13.2. The van der Waals surface area contributed by atoms with Gasteiger partial charge >= 0.3 is 12.1 Å². The number of rotatable bonds is 5. The summed E-state index contributed by atoms with van der Waals surface area (Å²) in [5, 5.41) is 17.2. The lowest BCUT2D eigenvalue weighted by Gasteiger charge is -2.25. The molecular weight excluding hydrogens is 201 g/mol. The van der Waals surface area contributed by atoms with Gasteiger partial charge in [0, 0.05) is 0 Å². The molecule has 0 bridgehead atoms. The molecule has 0 heterocycles. The smallest absolute Gasteiger partial charge is 0.428 e. The first-order chi connectivity index (χ1) is 6.25. The summed E-state index contributed by atoms with van der Waals surface area (Å²) in [6, 6.07) is 0. The number of carboxylic acid groups (broad SMARTS) is 1. The zero-order valence-corrected chi connectivity index (χ0v) is 7.76. The molecule has 0 saturated carbocycles. The van der Waals surface area contributed by atoms with Gasteiger partial charge in [0.15, 0.2) is 0 Å². The molecule has 6 heteroatoms. The zero-order chi connectivity index (χ0) is 11.4. The highest BCUT2D eigenvalue weighted by Crippen LogP contribution is 2.34. The summed E-state index contributed by atoms with van der Waals surface area (Å²) in [6.07, 6.45) is -4.75. The van der Waals surface area contributed by atoms with Crippen molar-refractivity contribution in [3.8, 4) is 0 Å². The van der Waals surface area contributed by atoms with Crippen molar-refractivity contribution in [1.82, 2.24) is 0 Å². The van der Waals surface area contributed by atoms with Gasteiger partial charge < -0.3 is 10.2 Å². The lowest BCUT2D eigenvalue weighted by atomic mass is 9.96. The van der Waals surface area contributed by atoms with Crippen molar-refractivity contribution in [3.05, 3.63) is 0 Å². The van der Waals surface area contributed by atoms with Crippen LogP contribution in [-0.4, -0.2) is 28.0 Å². The average molecular weight is 214 g/mol. The van der Waals surface area contributed by atoms with Gasteiger partial charge in [-0.3, -0.25) is 0 Å². The van der Waals surface area contributed by atoms with Crippen LogP contribution in [0.15, 0.2) is 0 Å². The van der Waals surface area contributed by atoms with Gasteiger partial charge in [-0.1, -0.05) is 19.8 Å². The van der Waals surface area contributed by atoms with Gasteiger partial charge in [-0.25, -0.2) is 4.79 Å². The molecule has 0 rings (SSSR count). The van der Waals surface area contributed by atoms with Gasteiger partial charge in [0.25, 0.3) is 5.60 Å². The van der Waals surface area contributed by atoms with Crippen molar-refractivity contribution in [1.29, 1.82) is 0 Å². The summed E-state index contributed by atoms with van der Waals surface area (Å²) in [6.45, 7) is 1.77. The van der Waals surface area contributed by atoms with Crippen molar-refractivity contribution < 1.29 is 28.2 Å². The monoisotopic (exact) mass is 214 g/mol. The first-order valence-corrected chi connectivity index (χ1v) is 4.28. The number of aliphatic carboxylic acids is 1. The van der Waals surface area contributed by atoms with Crippen molar-refractivity contribution >= 4 is 5.97 Å². The van der Waals surface area contributed by atoms with E-state index < -0.39 is 24.2 Å². The van der Waals surface area contributed by atoms with E-state index in [1.54, 1.807) is 6.92 Å². The summed E-state index contributed by atoms with van der Waals surface area (Å²) < 4.78 is 36.5. The third kappa shape index (κ3) is 2.87. The van der Waals surface area contributed by atoms with Crippen LogP contribution in [0.3, 0.4) is 0 Å². The van der Waals surface area contributed by atoms with Gasteiger partial charge in [0.05, 0.1) is 0 Å². The fourth-order valence-electron chi connectivity index (χ4n) is 1.00. The molecular formula is C8H13F3O3. The largest absolute Gasteiger partial charge is 0.479 e. The third-order valence-electron chi connectivity index (χ3n) is 1.96. The average Bonchev–Trinajstić information content (AvgIpc) is 2.02. The lowest BCUT2D eigenvalue weighted by molar-refractivity contribution is -0.262. The molecule has 1 atom stereocenters. The molecule has 0 aliphatic rings. The number of hydrogen-bond donors (Lipinski definition) is 2. The highest BCUT2D eigenvalue weighted by Gasteiger charge is 2.59. The minimum Gasteiger partial charge on any atom is -0.479 e. The fraction of sp³-hybridized carbons (Fsp3) is 0.875. The molecule has 0 aromatic heterocycles. The molecule has 0 saturated heterocycles. The van der Waals surface area contributed by atoms with Crippen LogP contribution < -0.4 is 0 Å². The van der Waals surface area contributed by atoms with E-state index in [-0.39, 0.29) is 6.42 Å². The van der Waals surface area contributed by atoms with E-state index in [1.165, 1.54) is 0 Å². The van der Waals surface area contributed by atoms with Crippen LogP contribution in [-0.2, 0) is 4.79 Å². The minimum atomic E-state index is -5.12. The predicted octanol–water partition coefficient (Wildman–Crippen LogP) is 1.94. The Morgan fingerprint density at radius 1 is 1.29 bits per heavy atom. The molecule has 0 radical (unpaired) electrons. The van der Waals surface area contributed by atoms with Crippen molar-refractivity contribution in [2.24, 2.45) is 0 Å². The second kappa shape index (κ2) is 4.63. The second-order valence-corrected chi connectivity index (χ2v) is 3.12. The highest BCUT2D eigenvalue weighted by atomic mass is 19.4. The maximum Gasteiger partial charge on any atom is 0.428 e. The number of hydrogen-bond acceptors (Lipinski definition) is 2. The molecule has 2 N–H and O–H groups in total. The van der Waals surface area contributed by atoms with Crippen molar-refractivity contribution in [2.45, 2.75) is 44.4 Å². The Balaban J connectivity index is 4.50. The van der Waals surface area contributed by atoms with E-state index >= 15 is 0 Å². The number of aliphatic hydroxyl groups is 1. The third-order valence-corrected chi connectivity index (χ3v) is 1.96. The molecule has 3 nitrogen and oxygen atoms in total. The van der Waals surface area contributed by atoms with Gasteiger partial charge in [-0.2, -0.15) is 13.2 Å². The Morgan fingerprint density at radius 2 is 1.79 bits per heavy atom. The molecule has 14 heavy (non-hydrogen) atoms. The van der Waals surface area contributed by atoms with Gasteiger partial charge in [-0.05, 0) is 12.8 Å². The fourth-order valence-corrected chi connectivity index (χ4v) is 1.00. The molecule has 0 aliphatic heterocycles. The Hall–Kier alpha value is -0.780. The summed E-state index contributed by atoms with van der Waals surface area (Å²) in [4.78, 5) is 10.3. The van der Waals surface area contributed by atoms with Crippen LogP contribution in [0, 0.1) is 0 Å². The van der Waals surface area contributed by atoms with Gasteiger partial charge in [0.1, 0.15) is 0 Å². The van der Waals surface area contributed by atoms with Crippen LogP contribution in [0.5, 0.6) is 0 Å². The van der Waals surface area contributed by atoms with Crippen LogP contribution in [0.1, 0.15) is 32.6 Å². The summed E-state index contributed by atoms with van der Waals surface area (Å²) >= 11 is 0. The Kier molecular flexibility index (Phi) is 4.38. The molecule has 0 aliphatic carbocycles. The Labute approximate surface area is 79.5 Å². The van der Waals surface area contributed by atoms with E-state index in [9.17, 15) is 18.0 Å². The van der Waals surface area contributed by atoms with Gasteiger partial charge in [0.2, 0.25) is 0 Å². The Morgan fingerprint density at radius 3 is 2.07 bits per heavy atom. The predicted molar refractivity (Wildman–Crippen MR) is 42.8 cm³/mol. The second-order valence-electron chi connectivity index (χ2n) is 3.12. The normalized spacial score (nSPS) is 16.4. The van der Waals surface area contributed by atoms with Crippen molar-refractivity contribution in [3.63, 3.8) is 0 Å². The summed E-state index contributed by atoms with van der Waals surface area (Å²) in [5.74, 6) is -2.24. The SMILES string of the molecule is CCCCC[C@@](O)(C(=O)O)C(F)(F)F. The van der Waals surface area contributed by atoms with Crippen LogP contribution in [0.4, 0.5) is 13.2 Å². The lowest BCUT2D eigenvalue weighted by Crippen LogP contribution is -2.51. The summed E-state index contributed by atoms with van der Waals surface area (Å²) in [7, 11) is 0. The van der Waals surface area contributed by atoms with Gasteiger partial charge in [-0.15, -0.1) is 0 Å². The molecule has 0 fully saturated rings. The maximum absolute atomic E-state index is 12.2. The van der Waals surface area contributed by atoms with Crippen LogP contribution >= 0.6 is 0 Å². The molecule has 0 amide bonds. The van der Waals surface area contributed by atoms with E-state index in [2.05, 4.69) is 0 Å². The van der Waals surface area contributed by atoms with E-state index in [1.807, 2.05) is 0 Å². The molecule has 0 aromatic carbocycles. The quantitative estimate of drug-likeness (QED) is 0.687. The van der Waals surface area contributed by atoms with Crippen LogP contribution in [0.2, 0.25) is 0 Å².